The summed E-state index contributed by atoms with van der Waals surface area (Å²) in [7, 11) is 0. The lowest BCUT2D eigenvalue weighted by Crippen LogP contribution is -2.25. The molecule has 1 aliphatic rings. The molecule has 0 bridgehead atoms. The lowest BCUT2D eigenvalue weighted by Gasteiger charge is -2.03. The molecule has 156 valence electrons. The van der Waals surface area contributed by atoms with Crippen LogP contribution in [0.3, 0.4) is 0 Å². The van der Waals surface area contributed by atoms with E-state index in [-0.39, 0.29) is 5.91 Å². The Hall–Kier alpha value is -3.46. The van der Waals surface area contributed by atoms with Gasteiger partial charge in [0.15, 0.2) is 11.5 Å². The van der Waals surface area contributed by atoms with E-state index in [1.165, 1.54) is 6.33 Å². The standard InChI is InChI=1S/C22H20N6O2S/c1-14-18(26-22(30-14)15-5-3-2-4-6-15)12-31-20-11-19(23-13-24-20)28-10-9-17(27-28)21(29)25-16-7-8-16/h2-6,9-11,13,16H,7-8,12H2,1H3,(H,25,29). The van der Waals surface area contributed by atoms with Gasteiger partial charge in [0.1, 0.15) is 17.1 Å². The van der Waals surface area contributed by atoms with Gasteiger partial charge in [-0.3, -0.25) is 4.79 Å². The number of carbonyl (C=O) groups is 1. The number of rotatable bonds is 7. The molecule has 1 aromatic carbocycles. The number of nitrogens with zero attached hydrogens (tertiary/aromatic N) is 5. The fourth-order valence-corrected chi connectivity index (χ4v) is 3.87. The molecule has 1 amide bonds. The first-order valence-electron chi connectivity index (χ1n) is 9.99. The summed E-state index contributed by atoms with van der Waals surface area (Å²) < 4.78 is 7.42. The first-order chi connectivity index (χ1) is 15.2. The molecule has 31 heavy (non-hydrogen) atoms. The van der Waals surface area contributed by atoms with Crippen molar-refractivity contribution < 1.29 is 9.21 Å². The molecule has 3 heterocycles. The summed E-state index contributed by atoms with van der Waals surface area (Å²) >= 11 is 1.54. The molecule has 5 rings (SSSR count). The molecule has 4 aromatic rings. The SMILES string of the molecule is Cc1oc(-c2ccccc2)nc1CSc1cc(-n2ccc(C(=O)NC3CC3)n2)ncn1. The number of hydrogen-bond donors (Lipinski definition) is 1. The van der Waals surface area contributed by atoms with Crippen LogP contribution in [-0.4, -0.2) is 36.7 Å². The van der Waals surface area contributed by atoms with E-state index in [1.54, 1.807) is 28.7 Å². The first-order valence-corrected chi connectivity index (χ1v) is 11.0. The number of aryl methyl sites for hydroxylation is 1. The van der Waals surface area contributed by atoms with E-state index < -0.39 is 0 Å². The summed E-state index contributed by atoms with van der Waals surface area (Å²) in [6.45, 7) is 1.92. The van der Waals surface area contributed by atoms with E-state index in [0.29, 0.717) is 29.2 Å². The Morgan fingerprint density at radius 3 is 2.87 bits per heavy atom. The second-order valence-electron chi connectivity index (χ2n) is 7.28. The number of amides is 1. The molecule has 1 fully saturated rings. The maximum absolute atomic E-state index is 12.2. The minimum absolute atomic E-state index is 0.152. The van der Waals surface area contributed by atoms with Gasteiger partial charge in [0.25, 0.3) is 5.91 Å². The number of oxazole rings is 1. The fourth-order valence-electron chi connectivity index (χ4n) is 3.00. The summed E-state index contributed by atoms with van der Waals surface area (Å²) in [5, 5.41) is 8.07. The Morgan fingerprint density at radius 1 is 1.23 bits per heavy atom. The molecule has 0 saturated heterocycles. The Kier molecular flexibility index (Phi) is 5.25. The highest BCUT2D eigenvalue weighted by molar-refractivity contribution is 7.98. The van der Waals surface area contributed by atoms with Crippen LogP contribution in [0.1, 0.15) is 34.8 Å². The quantitative estimate of drug-likeness (QED) is 0.350. The van der Waals surface area contributed by atoms with E-state index in [0.717, 1.165) is 34.9 Å². The van der Waals surface area contributed by atoms with Gasteiger partial charge in [-0.25, -0.2) is 19.6 Å². The number of thioether (sulfide) groups is 1. The fraction of sp³-hybridized carbons (Fsp3) is 0.227. The third kappa shape index (κ3) is 4.51. The molecule has 1 N–H and O–H groups in total. The normalized spacial score (nSPS) is 13.3. The van der Waals surface area contributed by atoms with Gasteiger partial charge in [0.05, 0.1) is 5.69 Å². The third-order valence-corrected chi connectivity index (χ3v) is 5.80. The van der Waals surface area contributed by atoms with Gasteiger partial charge in [-0.1, -0.05) is 30.0 Å². The average molecular weight is 433 g/mol. The monoisotopic (exact) mass is 432 g/mol. The largest absolute Gasteiger partial charge is 0.441 e. The zero-order valence-electron chi connectivity index (χ0n) is 16.9. The van der Waals surface area contributed by atoms with Crippen molar-refractivity contribution in [2.75, 3.05) is 0 Å². The minimum atomic E-state index is -0.152. The summed E-state index contributed by atoms with van der Waals surface area (Å²) in [6.07, 6.45) is 5.30. The lowest BCUT2D eigenvalue weighted by atomic mass is 10.2. The lowest BCUT2D eigenvalue weighted by molar-refractivity contribution is 0.0945. The van der Waals surface area contributed by atoms with E-state index in [4.69, 9.17) is 4.42 Å². The summed E-state index contributed by atoms with van der Waals surface area (Å²) in [5.41, 5.74) is 2.21. The number of benzene rings is 1. The molecule has 8 nitrogen and oxygen atoms in total. The van der Waals surface area contributed by atoms with Crippen LogP contribution in [0, 0.1) is 6.92 Å². The van der Waals surface area contributed by atoms with Crippen LogP contribution in [0.2, 0.25) is 0 Å². The van der Waals surface area contributed by atoms with Crippen LogP contribution in [0.15, 0.2) is 64.4 Å². The summed E-state index contributed by atoms with van der Waals surface area (Å²) in [6, 6.07) is 13.7. The van der Waals surface area contributed by atoms with Crippen molar-refractivity contribution in [3.63, 3.8) is 0 Å². The molecule has 0 atom stereocenters. The maximum atomic E-state index is 12.2. The van der Waals surface area contributed by atoms with Gasteiger partial charge < -0.3 is 9.73 Å². The van der Waals surface area contributed by atoms with Crippen LogP contribution < -0.4 is 5.32 Å². The minimum Gasteiger partial charge on any atom is -0.441 e. The molecular formula is C22H20N6O2S. The van der Waals surface area contributed by atoms with E-state index in [2.05, 4.69) is 25.4 Å². The number of aromatic nitrogens is 5. The van der Waals surface area contributed by atoms with Gasteiger partial charge in [0.2, 0.25) is 5.89 Å². The van der Waals surface area contributed by atoms with Crippen LogP contribution in [0.25, 0.3) is 17.3 Å². The Labute approximate surface area is 183 Å². The van der Waals surface area contributed by atoms with E-state index in [9.17, 15) is 4.79 Å². The zero-order valence-corrected chi connectivity index (χ0v) is 17.7. The number of carbonyl (C=O) groups excluding carboxylic acids is 1. The molecule has 1 saturated carbocycles. The second-order valence-corrected chi connectivity index (χ2v) is 8.28. The van der Waals surface area contributed by atoms with Gasteiger partial charge >= 0.3 is 0 Å². The third-order valence-electron chi connectivity index (χ3n) is 4.87. The van der Waals surface area contributed by atoms with Gasteiger partial charge in [-0.2, -0.15) is 5.10 Å². The number of hydrogen-bond acceptors (Lipinski definition) is 7. The molecule has 1 aliphatic carbocycles. The van der Waals surface area contributed by atoms with Crippen LogP contribution in [0.4, 0.5) is 0 Å². The molecule has 0 aliphatic heterocycles. The number of nitrogens with one attached hydrogen (secondary N) is 1. The first kappa shape index (κ1) is 19.5. The van der Waals surface area contributed by atoms with E-state index >= 15 is 0 Å². The molecule has 0 unspecified atom stereocenters. The van der Waals surface area contributed by atoms with Crippen LogP contribution >= 0.6 is 11.8 Å². The van der Waals surface area contributed by atoms with Crippen molar-refractivity contribution >= 4 is 17.7 Å². The van der Waals surface area contributed by atoms with E-state index in [1.807, 2.05) is 43.3 Å². The smallest absolute Gasteiger partial charge is 0.272 e. The highest BCUT2D eigenvalue weighted by Gasteiger charge is 2.24. The van der Waals surface area contributed by atoms with Crippen LogP contribution in [0.5, 0.6) is 0 Å². The maximum Gasteiger partial charge on any atom is 0.272 e. The second kappa shape index (κ2) is 8.35. The van der Waals surface area contributed by atoms with Gasteiger partial charge in [0, 0.05) is 29.6 Å². The van der Waals surface area contributed by atoms with Gasteiger partial charge in [-0.15, -0.1) is 0 Å². The highest BCUT2D eigenvalue weighted by atomic mass is 32.2. The average Bonchev–Trinajstić information content (AvgIpc) is 3.33. The zero-order chi connectivity index (χ0) is 21.2. The van der Waals surface area contributed by atoms with Crippen molar-refractivity contribution in [3.8, 4) is 17.3 Å². The predicted molar refractivity (Wildman–Crippen MR) is 116 cm³/mol. The molecule has 9 heteroatoms. The van der Waals surface area contributed by atoms with Crippen molar-refractivity contribution in [1.29, 1.82) is 0 Å². The highest BCUT2D eigenvalue weighted by Crippen LogP contribution is 2.27. The Balaban J connectivity index is 1.27. The summed E-state index contributed by atoms with van der Waals surface area (Å²) in [5.74, 6) is 2.47. The van der Waals surface area contributed by atoms with Crippen molar-refractivity contribution in [2.45, 2.75) is 36.6 Å². The Bertz CT molecular complexity index is 1220. The van der Waals surface area contributed by atoms with Crippen molar-refractivity contribution in [2.24, 2.45) is 0 Å². The molecule has 0 radical (unpaired) electrons. The van der Waals surface area contributed by atoms with Crippen molar-refractivity contribution in [1.82, 2.24) is 30.0 Å². The molecular weight excluding hydrogens is 412 g/mol. The molecule has 3 aromatic heterocycles. The molecule has 0 spiro atoms. The summed E-state index contributed by atoms with van der Waals surface area (Å²) in [4.78, 5) is 25.4. The van der Waals surface area contributed by atoms with Crippen molar-refractivity contribution in [3.05, 3.63) is 72.1 Å². The van der Waals surface area contributed by atoms with Crippen LogP contribution in [-0.2, 0) is 5.75 Å². The van der Waals surface area contributed by atoms with Gasteiger partial charge in [-0.05, 0) is 38.0 Å². The predicted octanol–water partition coefficient (Wildman–Crippen LogP) is 3.81. The Morgan fingerprint density at radius 2 is 2.06 bits per heavy atom. The topological polar surface area (TPSA) is 98.7 Å².